The monoisotopic (exact) mass is 415 g/mol. The van der Waals surface area contributed by atoms with Crippen molar-refractivity contribution in [2.75, 3.05) is 11.7 Å². The number of carboxylic acid groups (broad SMARTS) is 1. The molecule has 1 N–H and O–H groups in total. The summed E-state index contributed by atoms with van der Waals surface area (Å²) in [6, 6.07) is 14.5. The molecule has 0 saturated heterocycles. The first-order valence-corrected chi connectivity index (χ1v) is 9.24. The molecule has 8 nitrogen and oxygen atoms in total. The predicted octanol–water partition coefficient (Wildman–Crippen LogP) is 3.15. The lowest BCUT2D eigenvalue weighted by atomic mass is 9.98. The summed E-state index contributed by atoms with van der Waals surface area (Å²) in [6.07, 6.45) is 0. The molecular weight excluding hydrogens is 402 g/mol. The van der Waals surface area contributed by atoms with Crippen LogP contribution in [0.25, 0.3) is 0 Å². The van der Waals surface area contributed by atoms with E-state index in [9.17, 15) is 19.2 Å². The molecule has 0 saturated carbocycles. The van der Waals surface area contributed by atoms with E-state index < -0.39 is 17.8 Å². The molecule has 0 bridgehead atoms. The van der Waals surface area contributed by atoms with Crippen LogP contribution in [-0.4, -0.2) is 35.5 Å². The molecule has 0 radical (unpaired) electrons. The Morgan fingerprint density at radius 1 is 0.742 bits per heavy atom. The highest BCUT2D eigenvalue weighted by Gasteiger charge is 2.37. The van der Waals surface area contributed by atoms with Gasteiger partial charge in [-0.1, -0.05) is 18.2 Å². The lowest BCUT2D eigenvalue weighted by Gasteiger charge is -2.14. The Balaban J connectivity index is 1.47. The molecule has 0 aromatic heterocycles. The Morgan fingerprint density at radius 3 is 2.13 bits per heavy atom. The molecule has 0 spiro atoms. The van der Waals surface area contributed by atoms with E-state index in [1.807, 2.05) is 0 Å². The highest BCUT2D eigenvalue weighted by molar-refractivity contribution is 6.35. The molecule has 0 atom stereocenters. The smallest absolute Gasteiger partial charge is 0.335 e. The van der Waals surface area contributed by atoms with E-state index >= 15 is 0 Å². The third-order valence-corrected chi connectivity index (χ3v) is 5.16. The molecule has 0 aliphatic carbocycles. The van der Waals surface area contributed by atoms with Gasteiger partial charge < -0.3 is 14.6 Å². The van der Waals surface area contributed by atoms with Crippen LogP contribution in [-0.2, 0) is 0 Å². The standard InChI is InChI=1S/C23H13NO7/c25-20(12-1-3-13(4-2-12)23(28)29)14-5-7-16-17(9-14)22(27)24(21(16)26)15-6-8-18-19(10-15)31-11-30-18/h1-10H,11H2,(H,28,29). The van der Waals surface area contributed by atoms with Gasteiger partial charge in [0.1, 0.15) is 0 Å². The Hall–Kier alpha value is -4.46. The molecule has 3 aromatic carbocycles. The SMILES string of the molecule is O=C(O)c1ccc(C(=O)c2ccc3c(c2)C(=O)N(c2ccc4c(c2)OCO4)C3=O)cc1. The lowest BCUT2D eigenvalue weighted by molar-refractivity contribution is 0.0695. The van der Waals surface area contributed by atoms with Gasteiger partial charge in [0.25, 0.3) is 11.8 Å². The van der Waals surface area contributed by atoms with E-state index in [2.05, 4.69) is 0 Å². The van der Waals surface area contributed by atoms with Crippen LogP contribution in [0.5, 0.6) is 11.5 Å². The van der Waals surface area contributed by atoms with Gasteiger partial charge in [0.2, 0.25) is 6.79 Å². The van der Waals surface area contributed by atoms with Crippen molar-refractivity contribution in [1.82, 2.24) is 0 Å². The molecule has 31 heavy (non-hydrogen) atoms. The van der Waals surface area contributed by atoms with Gasteiger partial charge in [0.15, 0.2) is 17.3 Å². The molecule has 2 aliphatic heterocycles. The average Bonchev–Trinajstić information content (AvgIpc) is 3.35. The van der Waals surface area contributed by atoms with Crippen LogP contribution < -0.4 is 14.4 Å². The van der Waals surface area contributed by atoms with Crippen molar-refractivity contribution in [3.05, 3.63) is 88.5 Å². The Labute approximate surface area is 175 Å². The summed E-state index contributed by atoms with van der Waals surface area (Å²) in [5.41, 5.74) is 1.21. The summed E-state index contributed by atoms with van der Waals surface area (Å²) in [4.78, 5) is 50.7. The normalized spacial score (nSPS) is 14.0. The van der Waals surface area contributed by atoms with Crippen LogP contribution in [0.2, 0.25) is 0 Å². The third-order valence-electron chi connectivity index (χ3n) is 5.16. The van der Waals surface area contributed by atoms with Gasteiger partial charge in [-0.25, -0.2) is 9.69 Å². The lowest BCUT2D eigenvalue weighted by Crippen LogP contribution is -2.29. The maximum Gasteiger partial charge on any atom is 0.335 e. The fourth-order valence-electron chi connectivity index (χ4n) is 3.57. The van der Waals surface area contributed by atoms with Crippen LogP contribution in [0, 0.1) is 0 Å². The average molecular weight is 415 g/mol. The largest absolute Gasteiger partial charge is 0.478 e. The number of nitrogens with zero attached hydrogens (tertiary/aromatic N) is 1. The Morgan fingerprint density at radius 2 is 1.39 bits per heavy atom. The second kappa shape index (κ2) is 6.81. The Bertz CT molecular complexity index is 1290. The number of amides is 2. The van der Waals surface area contributed by atoms with E-state index in [0.29, 0.717) is 17.2 Å². The van der Waals surface area contributed by atoms with Crippen molar-refractivity contribution in [3.8, 4) is 11.5 Å². The molecule has 2 amide bonds. The number of ether oxygens (including phenoxy) is 2. The number of ketones is 1. The van der Waals surface area contributed by atoms with Crippen molar-refractivity contribution in [1.29, 1.82) is 0 Å². The third kappa shape index (κ3) is 2.93. The van der Waals surface area contributed by atoms with E-state index in [1.165, 1.54) is 42.5 Å². The predicted molar refractivity (Wildman–Crippen MR) is 107 cm³/mol. The number of carbonyl (C=O) groups is 4. The van der Waals surface area contributed by atoms with Gasteiger partial charge in [-0.05, 0) is 36.4 Å². The summed E-state index contributed by atoms with van der Waals surface area (Å²) < 4.78 is 10.6. The van der Waals surface area contributed by atoms with Crippen molar-refractivity contribution >= 4 is 29.3 Å². The second-order valence-corrected chi connectivity index (χ2v) is 6.96. The van der Waals surface area contributed by atoms with Gasteiger partial charge in [0.05, 0.1) is 22.4 Å². The van der Waals surface area contributed by atoms with Crippen molar-refractivity contribution in [3.63, 3.8) is 0 Å². The first-order valence-electron chi connectivity index (χ1n) is 9.24. The second-order valence-electron chi connectivity index (χ2n) is 6.96. The van der Waals surface area contributed by atoms with Gasteiger partial charge in [-0.2, -0.15) is 0 Å². The summed E-state index contributed by atoms with van der Waals surface area (Å²) in [5.74, 6) is -1.55. The quantitative estimate of drug-likeness (QED) is 0.515. The number of anilines is 1. The molecule has 0 unspecified atom stereocenters. The van der Waals surface area contributed by atoms with Crippen LogP contribution in [0.3, 0.4) is 0 Å². The maximum absolute atomic E-state index is 13.0. The zero-order valence-electron chi connectivity index (χ0n) is 15.8. The first kappa shape index (κ1) is 18.6. The number of rotatable bonds is 4. The zero-order valence-corrected chi connectivity index (χ0v) is 15.8. The molecule has 2 heterocycles. The van der Waals surface area contributed by atoms with E-state index in [0.717, 1.165) is 4.90 Å². The zero-order chi connectivity index (χ0) is 21.7. The molecule has 152 valence electrons. The van der Waals surface area contributed by atoms with Crippen LogP contribution in [0.1, 0.15) is 47.0 Å². The number of hydrogen-bond acceptors (Lipinski definition) is 6. The maximum atomic E-state index is 13.0. The van der Waals surface area contributed by atoms with Gasteiger partial charge in [-0.15, -0.1) is 0 Å². The molecule has 0 fully saturated rings. The minimum absolute atomic E-state index is 0.0608. The van der Waals surface area contributed by atoms with Crippen LogP contribution in [0.15, 0.2) is 60.7 Å². The summed E-state index contributed by atoms with van der Waals surface area (Å²) >= 11 is 0. The summed E-state index contributed by atoms with van der Waals surface area (Å²) in [7, 11) is 0. The highest BCUT2D eigenvalue weighted by Crippen LogP contribution is 2.38. The number of benzene rings is 3. The first-order chi connectivity index (χ1) is 14.9. The minimum atomic E-state index is -1.09. The minimum Gasteiger partial charge on any atom is -0.478 e. The van der Waals surface area contributed by atoms with Crippen molar-refractivity contribution < 1.29 is 33.8 Å². The topological polar surface area (TPSA) is 110 Å². The number of carbonyl (C=O) groups excluding carboxylic acids is 3. The number of carboxylic acids is 1. The van der Waals surface area contributed by atoms with Crippen molar-refractivity contribution in [2.24, 2.45) is 0 Å². The highest BCUT2D eigenvalue weighted by atomic mass is 16.7. The van der Waals surface area contributed by atoms with Crippen molar-refractivity contribution in [2.45, 2.75) is 0 Å². The number of aromatic carboxylic acids is 1. The summed E-state index contributed by atoms with van der Waals surface area (Å²) in [5, 5.41) is 8.99. The van der Waals surface area contributed by atoms with E-state index in [4.69, 9.17) is 14.6 Å². The van der Waals surface area contributed by atoms with Crippen LogP contribution >= 0.6 is 0 Å². The number of hydrogen-bond donors (Lipinski definition) is 1. The number of imide groups is 1. The molecule has 5 rings (SSSR count). The molecule has 8 heteroatoms. The number of fused-ring (bicyclic) bond motifs is 2. The van der Waals surface area contributed by atoms with Gasteiger partial charge in [-0.3, -0.25) is 14.4 Å². The van der Waals surface area contributed by atoms with Crippen LogP contribution in [0.4, 0.5) is 5.69 Å². The van der Waals surface area contributed by atoms with E-state index in [-0.39, 0.29) is 40.4 Å². The fraction of sp³-hybridized carbons (Fsp3) is 0.0435. The van der Waals surface area contributed by atoms with Gasteiger partial charge in [0, 0.05) is 17.2 Å². The molecular formula is C23H13NO7. The van der Waals surface area contributed by atoms with E-state index in [1.54, 1.807) is 18.2 Å². The fourth-order valence-corrected chi connectivity index (χ4v) is 3.57. The molecule has 3 aromatic rings. The van der Waals surface area contributed by atoms with Gasteiger partial charge >= 0.3 is 5.97 Å². The Kier molecular flexibility index (Phi) is 4.07. The summed E-state index contributed by atoms with van der Waals surface area (Å²) in [6.45, 7) is 0.0693. The molecule has 2 aliphatic rings.